The number of fused-ring (bicyclic) bond motifs is 5. The molecule has 10 fully saturated rings. The van der Waals surface area contributed by atoms with Gasteiger partial charge < -0.3 is 0 Å². The van der Waals surface area contributed by atoms with E-state index in [2.05, 4.69) is 0 Å². The van der Waals surface area contributed by atoms with Crippen molar-refractivity contribution in [1.29, 1.82) is 0 Å². The van der Waals surface area contributed by atoms with Crippen LogP contribution in [0.15, 0.2) is 0 Å². The predicted octanol–water partition coefficient (Wildman–Crippen LogP) is 23.2. The molecule has 0 aromatic rings. The lowest BCUT2D eigenvalue weighted by molar-refractivity contribution is 0.184. The van der Waals surface area contributed by atoms with Gasteiger partial charge in [0.05, 0.1) is 0 Å². The molecule has 0 bridgehead atoms. The lowest BCUT2D eigenvalue weighted by atomic mass is 9.73. The molecule has 0 amide bonds. The third-order valence-electron chi connectivity index (χ3n) is 18.2. The van der Waals surface area contributed by atoms with Gasteiger partial charge in [0.15, 0.2) is 0 Å². The SMILES string of the molecule is C.C1CCC(CCC2C3CCCCC3C3CCCCC32)C1.C1CCC2C(C1)CCC2CCC1CCC2CCCCC21.C1CCCC1.C1CCCC1.CC(C)(C)Cl.CC(C)(C)Cl.CC(C)(Cl)Cl. The fraction of sp³-hybridized carbons (Fsp3) is 1.00. The Morgan fingerprint density at radius 2 is 0.545 bits per heavy atom. The second kappa shape index (κ2) is 32.4. The van der Waals surface area contributed by atoms with Crippen LogP contribution in [0.25, 0.3) is 0 Å². The first kappa shape index (κ1) is 61.5. The van der Waals surface area contributed by atoms with E-state index in [1.54, 1.807) is 181 Å². The lowest BCUT2D eigenvalue weighted by Gasteiger charge is -2.32. The molecule has 4 heteroatoms. The van der Waals surface area contributed by atoms with Crippen LogP contribution in [-0.4, -0.2) is 14.1 Å². The van der Waals surface area contributed by atoms with E-state index in [1.807, 2.05) is 41.5 Å². The minimum Gasteiger partial charge on any atom is -0.120 e. The van der Waals surface area contributed by atoms with Crippen molar-refractivity contribution < 1.29 is 0 Å². The van der Waals surface area contributed by atoms with Gasteiger partial charge in [0, 0.05) is 9.75 Å². The lowest BCUT2D eigenvalue weighted by Crippen LogP contribution is -2.22. The van der Waals surface area contributed by atoms with Crippen molar-refractivity contribution in [1.82, 2.24) is 0 Å². The molecule has 0 radical (unpaired) electrons. The summed E-state index contributed by atoms with van der Waals surface area (Å²) >= 11 is 21.7. The van der Waals surface area contributed by atoms with Gasteiger partial charge in [-0.3, -0.25) is 0 Å². The van der Waals surface area contributed by atoms with Gasteiger partial charge in [0.2, 0.25) is 0 Å². The highest BCUT2D eigenvalue weighted by Gasteiger charge is 2.50. The maximum absolute atomic E-state index is 5.53. The molecule has 0 N–H and O–H groups in total. The number of hydrogen-bond donors (Lipinski definition) is 0. The van der Waals surface area contributed by atoms with Crippen LogP contribution in [0.2, 0.25) is 0 Å². The Morgan fingerprint density at radius 1 is 0.288 bits per heavy atom. The van der Waals surface area contributed by atoms with Gasteiger partial charge in [-0.05, 0) is 210 Å². The number of rotatable bonds is 6. The van der Waals surface area contributed by atoms with Crippen molar-refractivity contribution in [3.63, 3.8) is 0 Å². The highest BCUT2D eigenvalue weighted by atomic mass is 35.5. The fourth-order valence-corrected chi connectivity index (χ4v) is 15.6. The van der Waals surface area contributed by atoms with Gasteiger partial charge in [-0.25, -0.2) is 0 Å². The Balaban J connectivity index is 0.000000231. The summed E-state index contributed by atoms with van der Waals surface area (Å²) < 4.78 is -0.556. The molecule has 10 saturated carbocycles. The highest BCUT2D eigenvalue weighted by Crippen LogP contribution is 2.59. The molecule has 0 nitrogen and oxygen atoms in total. The summed E-state index contributed by atoms with van der Waals surface area (Å²) in [5, 5.41) is 0. The minimum absolute atomic E-state index is 0. The van der Waals surface area contributed by atoms with Crippen LogP contribution >= 0.6 is 46.4 Å². The van der Waals surface area contributed by atoms with Gasteiger partial charge >= 0.3 is 0 Å². The summed E-state index contributed by atoms with van der Waals surface area (Å²) in [5.74, 6) is 13.9. The summed E-state index contributed by atoms with van der Waals surface area (Å²) in [6.07, 6.45) is 59.1. The first-order chi connectivity index (χ1) is 30.8. The zero-order chi connectivity index (χ0) is 47.3. The second-order valence-corrected chi connectivity index (χ2v) is 30.6. The van der Waals surface area contributed by atoms with Gasteiger partial charge in [-0.2, -0.15) is 0 Å². The summed E-state index contributed by atoms with van der Waals surface area (Å²) in [5.41, 5.74) is 0. The quantitative estimate of drug-likeness (QED) is 0.233. The van der Waals surface area contributed by atoms with Crippen LogP contribution < -0.4 is 0 Å². The normalized spacial score (nSPS) is 34.6. The van der Waals surface area contributed by atoms with Crippen LogP contribution in [-0.2, 0) is 0 Å². The Labute approximate surface area is 435 Å². The van der Waals surface area contributed by atoms with Crippen molar-refractivity contribution in [3.8, 4) is 0 Å². The van der Waals surface area contributed by atoms with Gasteiger partial charge in [0.25, 0.3) is 0 Å². The molecular formula is C62H116Cl4. The largest absolute Gasteiger partial charge is 0.120 e. The molecule has 0 heterocycles. The van der Waals surface area contributed by atoms with Crippen molar-refractivity contribution >= 4 is 46.4 Å². The zero-order valence-corrected chi connectivity index (χ0v) is 47.8. The van der Waals surface area contributed by atoms with Gasteiger partial charge in [-0.15, -0.1) is 46.4 Å². The topological polar surface area (TPSA) is 0 Å². The molecule has 0 aromatic heterocycles. The number of alkyl halides is 4. The standard InChI is InChI=1S/2C20H34.2C5H10.2C4H9Cl.C3H6Cl2.CH4/c1-3-7-19-15(5-1)9-11-17(19)13-14-18-12-10-16-6-2-4-8-20(16)18;1-2-8-15(7-1)13-14-20-18-11-5-3-9-16(18)17-10-4-6-12-19(17)20;2*1-2-4-5-3-1;2*1-4(2,3)5;1-3(2,4)5;/h2*15-20H,1-14H2;2*1-5H2;2*1-3H3;1-2H3;1H4. The molecule has 0 aromatic carbocycles. The van der Waals surface area contributed by atoms with E-state index in [-0.39, 0.29) is 17.2 Å². The third kappa shape index (κ3) is 25.7. The molecule has 10 aliphatic rings. The molecule has 0 aliphatic heterocycles. The summed E-state index contributed by atoms with van der Waals surface area (Å²) in [4.78, 5) is -0.0556. The minimum atomic E-state index is -0.556. The average Bonchev–Trinajstić information content (AvgIpc) is 4.11. The van der Waals surface area contributed by atoms with Crippen LogP contribution in [0.1, 0.15) is 307 Å². The molecule has 66 heavy (non-hydrogen) atoms. The summed E-state index contributed by atoms with van der Waals surface area (Å²) in [6, 6.07) is 0. The zero-order valence-electron chi connectivity index (χ0n) is 44.8. The average molecular weight is 1000 g/mol. The first-order valence-corrected chi connectivity index (χ1v) is 31.1. The molecule has 392 valence electrons. The molecule has 10 unspecified atom stereocenters. The number of hydrogen-bond acceptors (Lipinski definition) is 0. The molecule has 10 rings (SSSR count). The van der Waals surface area contributed by atoms with E-state index < -0.39 is 4.33 Å². The Morgan fingerprint density at radius 3 is 0.864 bits per heavy atom. The van der Waals surface area contributed by atoms with Gasteiger partial charge in [0.1, 0.15) is 4.33 Å². The van der Waals surface area contributed by atoms with Crippen LogP contribution in [0.4, 0.5) is 0 Å². The fourth-order valence-electron chi connectivity index (χ4n) is 15.6. The number of halogens is 4. The van der Waals surface area contributed by atoms with Crippen molar-refractivity contribution in [2.45, 2.75) is 321 Å². The Bertz CT molecular complexity index is 1050. The van der Waals surface area contributed by atoms with Crippen molar-refractivity contribution in [2.24, 2.45) is 71.0 Å². The van der Waals surface area contributed by atoms with E-state index in [0.717, 1.165) is 47.3 Å². The van der Waals surface area contributed by atoms with Crippen molar-refractivity contribution in [2.75, 3.05) is 0 Å². The first-order valence-electron chi connectivity index (χ1n) is 29.6. The van der Waals surface area contributed by atoms with E-state index >= 15 is 0 Å². The van der Waals surface area contributed by atoms with Crippen LogP contribution in [0.5, 0.6) is 0 Å². The maximum Gasteiger partial charge on any atom is 0.112 e. The smallest absolute Gasteiger partial charge is 0.112 e. The molecule has 0 saturated heterocycles. The van der Waals surface area contributed by atoms with Crippen LogP contribution in [0.3, 0.4) is 0 Å². The maximum atomic E-state index is 5.53. The summed E-state index contributed by atoms with van der Waals surface area (Å²) in [7, 11) is 0. The predicted molar refractivity (Wildman–Crippen MR) is 301 cm³/mol. The molecular weight excluding hydrogens is 886 g/mol. The molecule has 10 aliphatic carbocycles. The van der Waals surface area contributed by atoms with E-state index in [1.165, 1.54) is 101 Å². The third-order valence-corrected chi connectivity index (χ3v) is 18.2. The second-order valence-electron chi connectivity index (χ2n) is 26.3. The van der Waals surface area contributed by atoms with Crippen LogP contribution in [0, 0.1) is 71.0 Å². The van der Waals surface area contributed by atoms with E-state index in [4.69, 9.17) is 46.4 Å². The highest BCUT2D eigenvalue weighted by molar-refractivity contribution is 6.47. The van der Waals surface area contributed by atoms with E-state index in [0.29, 0.717) is 0 Å². The Hall–Kier alpha value is 1.16. The molecule has 0 spiro atoms. The monoisotopic (exact) mass is 1000 g/mol. The summed E-state index contributed by atoms with van der Waals surface area (Å²) in [6.45, 7) is 15.2. The van der Waals surface area contributed by atoms with Crippen molar-refractivity contribution in [3.05, 3.63) is 0 Å². The van der Waals surface area contributed by atoms with Gasteiger partial charge in [-0.1, -0.05) is 168 Å². The van der Waals surface area contributed by atoms with E-state index in [9.17, 15) is 0 Å². The molecule has 10 atom stereocenters. The Kier molecular flexibility index (Phi) is 30.1.